The van der Waals surface area contributed by atoms with Crippen LogP contribution in [0.25, 0.3) is 33.5 Å². The van der Waals surface area contributed by atoms with Crippen molar-refractivity contribution in [1.29, 1.82) is 0 Å². The highest BCUT2D eigenvalue weighted by molar-refractivity contribution is 5.89. The molecule has 0 amide bonds. The zero-order chi connectivity index (χ0) is 49.5. The minimum atomic E-state index is 0.817. The summed E-state index contributed by atoms with van der Waals surface area (Å²) in [7, 11) is 0. The van der Waals surface area contributed by atoms with Gasteiger partial charge in [-0.2, -0.15) is 0 Å². The van der Waals surface area contributed by atoms with Gasteiger partial charge in [0.2, 0.25) is 0 Å². The molecule has 6 nitrogen and oxygen atoms in total. The Morgan fingerprint density at radius 3 is 0.527 bits per heavy atom. The molecule has 0 aliphatic carbocycles. The Kier molecular flexibility index (Phi) is 12.6. The maximum Gasteiger partial charge on any atom is 0.0973 e. The predicted molar refractivity (Wildman–Crippen MR) is 309 cm³/mol. The molecule has 1 heterocycles. The number of para-hydroxylation sites is 8. The van der Waals surface area contributed by atoms with Crippen molar-refractivity contribution in [3.8, 4) is 22.5 Å². The number of anilines is 12. The molecule has 12 rings (SSSR count). The molecular formula is C68H50N6. The number of benzene rings is 11. The van der Waals surface area contributed by atoms with E-state index in [0.29, 0.717) is 0 Å². The first-order valence-electron chi connectivity index (χ1n) is 24.9. The Hall–Kier alpha value is -10.0. The Labute approximate surface area is 432 Å². The van der Waals surface area contributed by atoms with Crippen molar-refractivity contribution in [2.24, 2.45) is 0 Å². The van der Waals surface area contributed by atoms with E-state index in [-0.39, 0.29) is 0 Å². The minimum Gasteiger partial charge on any atom is -0.311 e. The molecule has 0 spiro atoms. The Balaban J connectivity index is 0.880. The van der Waals surface area contributed by atoms with Crippen molar-refractivity contribution >= 4 is 79.3 Å². The van der Waals surface area contributed by atoms with Crippen LogP contribution in [0.1, 0.15) is 0 Å². The van der Waals surface area contributed by atoms with Crippen LogP contribution in [0.2, 0.25) is 0 Å². The third kappa shape index (κ3) is 9.35. The normalized spacial score (nSPS) is 11.0. The van der Waals surface area contributed by atoms with Crippen LogP contribution >= 0.6 is 0 Å². The van der Waals surface area contributed by atoms with Gasteiger partial charge in [0.05, 0.1) is 22.4 Å². The maximum absolute atomic E-state index is 5.31. The Bertz CT molecular complexity index is 3400. The van der Waals surface area contributed by atoms with Crippen LogP contribution in [-0.4, -0.2) is 9.97 Å². The predicted octanol–water partition coefficient (Wildman–Crippen LogP) is 18.8. The fourth-order valence-electron chi connectivity index (χ4n) is 9.69. The molecular weight excluding hydrogens is 901 g/mol. The Morgan fingerprint density at radius 1 is 0.162 bits per heavy atom. The largest absolute Gasteiger partial charge is 0.311 e. The number of nitrogens with zero attached hydrogens (tertiary/aromatic N) is 6. The van der Waals surface area contributed by atoms with Gasteiger partial charge in [-0.3, -0.25) is 0 Å². The van der Waals surface area contributed by atoms with Gasteiger partial charge in [-0.1, -0.05) is 146 Å². The van der Waals surface area contributed by atoms with Gasteiger partial charge in [0.1, 0.15) is 0 Å². The van der Waals surface area contributed by atoms with Gasteiger partial charge in [0, 0.05) is 79.4 Å². The zero-order valence-corrected chi connectivity index (χ0v) is 40.6. The molecule has 0 aliphatic rings. The average Bonchev–Trinajstić information content (AvgIpc) is 3.48. The van der Waals surface area contributed by atoms with E-state index in [1.165, 1.54) is 0 Å². The second-order valence-electron chi connectivity index (χ2n) is 17.9. The van der Waals surface area contributed by atoms with Gasteiger partial charge in [-0.05, 0) is 158 Å². The van der Waals surface area contributed by atoms with Gasteiger partial charge in [-0.25, -0.2) is 9.97 Å². The molecule has 11 aromatic carbocycles. The summed E-state index contributed by atoms with van der Waals surface area (Å²) in [6.45, 7) is 0. The summed E-state index contributed by atoms with van der Waals surface area (Å²) < 4.78 is 0. The highest BCUT2D eigenvalue weighted by Gasteiger charge is 2.20. The lowest BCUT2D eigenvalue weighted by Gasteiger charge is -2.28. The third-order valence-corrected chi connectivity index (χ3v) is 13.2. The van der Waals surface area contributed by atoms with Crippen molar-refractivity contribution in [2.75, 3.05) is 19.6 Å². The second-order valence-corrected chi connectivity index (χ2v) is 17.9. The lowest BCUT2D eigenvalue weighted by Crippen LogP contribution is -2.12. The van der Waals surface area contributed by atoms with E-state index in [9.17, 15) is 0 Å². The molecule has 0 radical (unpaired) electrons. The second kappa shape index (κ2) is 20.7. The summed E-state index contributed by atoms with van der Waals surface area (Å²) in [5.74, 6) is 0. The number of fused-ring (bicyclic) bond motifs is 1. The first kappa shape index (κ1) is 45.1. The van der Waals surface area contributed by atoms with Crippen LogP contribution in [0.5, 0.6) is 0 Å². The Morgan fingerprint density at radius 2 is 0.324 bits per heavy atom. The van der Waals surface area contributed by atoms with Gasteiger partial charge in [0.15, 0.2) is 0 Å². The number of aromatic nitrogens is 2. The molecule has 74 heavy (non-hydrogen) atoms. The van der Waals surface area contributed by atoms with Crippen LogP contribution in [0, 0.1) is 0 Å². The first-order valence-corrected chi connectivity index (χ1v) is 24.9. The summed E-state index contributed by atoms with van der Waals surface area (Å²) in [6, 6.07) is 106. The van der Waals surface area contributed by atoms with Gasteiger partial charge < -0.3 is 19.6 Å². The molecule has 0 N–H and O–H groups in total. The summed E-state index contributed by atoms with van der Waals surface area (Å²) >= 11 is 0. The average molecular weight is 951 g/mol. The van der Waals surface area contributed by atoms with Crippen molar-refractivity contribution in [3.63, 3.8) is 0 Å². The van der Waals surface area contributed by atoms with E-state index in [1.807, 2.05) is 24.3 Å². The van der Waals surface area contributed by atoms with Gasteiger partial charge >= 0.3 is 0 Å². The standard InChI is InChI=1S/C68H50N6/c1-7-21-53(22-8-1)71(54-23-9-2-10-24-54)61-43-47-63(48-44-61)73(57-29-15-5-16-30-57)59-39-35-51(36-40-59)67-68(70-66-34-20-19-33-65(66)69-67)52-37-41-60(42-38-52)74(58-31-17-6-18-32-58)64-49-45-62(46-50-64)72(55-25-11-3-12-26-55)56-27-13-4-14-28-56/h1-50H. The van der Waals surface area contributed by atoms with E-state index in [1.54, 1.807) is 0 Å². The van der Waals surface area contributed by atoms with Crippen LogP contribution in [0.15, 0.2) is 303 Å². The summed E-state index contributed by atoms with van der Waals surface area (Å²) in [5, 5.41) is 0. The van der Waals surface area contributed by atoms with Crippen LogP contribution < -0.4 is 19.6 Å². The van der Waals surface area contributed by atoms with Crippen molar-refractivity contribution < 1.29 is 0 Å². The zero-order valence-electron chi connectivity index (χ0n) is 40.6. The fourth-order valence-corrected chi connectivity index (χ4v) is 9.69. The number of hydrogen-bond acceptors (Lipinski definition) is 6. The molecule has 0 saturated carbocycles. The minimum absolute atomic E-state index is 0.817. The van der Waals surface area contributed by atoms with E-state index < -0.39 is 0 Å². The first-order chi connectivity index (χ1) is 36.7. The molecule has 6 heteroatoms. The molecule has 1 aromatic heterocycles. The molecule has 12 aromatic rings. The lowest BCUT2D eigenvalue weighted by atomic mass is 10.0. The number of rotatable bonds is 14. The number of hydrogen-bond donors (Lipinski definition) is 0. The molecule has 0 atom stereocenters. The van der Waals surface area contributed by atoms with Gasteiger partial charge in [-0.15, -0.1) is 0 Å². The molecule has 352 valence electrons. The molecule has 0 unspecified atom stereocenters. The van der Waals surface area contributed by atoms with E-state index in [0.717, 1.165) is 102 Å². The highest BCUT2D eigenvalue weighted by Crippen LogP contribution is 2.43. The van der Waals surface area contributed by atoms with Crippen molar-refractivity contribution in [3.05, 3.63) is 303 Å². The smallest absolute Gasteiger partial charge is 0.0973 e. The fraction of sp³-hybridized carbons (Fsp3) is 0. The van der Waals surface area contributed by atoms with Crippen molar-refractivity contribution in [2.45, 2.75) is 0 Å². The van der Waals surface area contributed by atoms with Gasteiger partial charge in [0.25, 0.3) is 0 Å². The summed E-state index contributed by atoms with van der Waals surface area (Å²) in [5.41, 5.74) is 18.1. The summed E-state index contributed by atoms with van der Waals surface area (Å²) in [4.78, 5) is 19.8. The van der Waals surface area contributed by atoms with Crippen molar-refractivity contribution in [1.82, 2.24) is 9.97 Å². The highest BCUT2D eigenvalue weighted by atomic mass is 15.2. The molecule has 0 bridgehead atoms. The third-order valence-electron chi connectivity index (χ3n) is 13.2. The molecule has 0 aliphatic heterocycles. The lowest BCUT2D eigenvalue weighted by molar-refractivity contribution is 1.25. The van der Waals surface area contributed by atoms with E-state index in [4.69, 9.17) is 9.97 Å². The quantitative estimate of drug-likeness (QED) is 0.108. The summed E-state index contributed by atoms with van der Waals surface area (Å²) in [6.07, 6.45) is 0. The monoisotopic (exact) mass is 950 g/mol. The molecule has 0 saturated heterocycles. The maximum atomic E-state index is 5.31. The SMILES string of the molecule is c1ccc(N(c2ccccc2)c2ccc(N(c3ccccc3)c3ccc(-c4nc5ccccc5nc4-c4ccc(N(c5ccccc5)c5ccc(N(c6ccccc6)c6ccccc6)cc5)cc4)cc3)cc2)cc1. The topological polar surface area (TPSA) is 38.7 Å². The van der Waals surface area contributed by atoms with E-state index in [2.05, 4.69) is 299 Å². The van der Waals surface area contributed by atoms with E-state index >= 15 is 0 Å². The van der Waals surface area contributed by atoms with Crippen LogP contribution in [0.4, 0.5) is 68.2 Å². The van der Waals surface area contributed by atoms with Crippen LogP contribution in [0.3, 0.4) is 0 Å². The molecule has 0 fully saturated rings. The van der Waals surface area contributed by atoms with Crippen LogP contribution in [-0.2, 0) is 0 Å².